The van der Waals surface area contributed by atoms with E-state index >= 15 is 8.78 Å². The third-order valence-electron chi connectivity index (χ3n) is 9.92. The summed E-state index contributed by atoms with van der Waals surface area (Å²) < 4.78 is 122. The number of Topliss-reactive ketones (excluding diaryl/α,β-unsaturated/α-hetero) is 1. The van der Waals surface area contributed by atoms with E-state index in [9.17, 15) is 60.7 Å². The fourth-order valence-corrected chi connectivity index (χ4v) is 7.58. The SMILES string of the molecule is C[B]P=O.N#Cc1ccc(C(=O)Cc2c(Cl)cc(C(F)(c3ccc(Cl)cc3)C(F)(F)F)cc2Cl)cc1[N+](=O)[O-].N#Cc1ccc(C(=O)O)cc1[N+](=O)[O-].Nc1c(Cl)cc(C(F)(c2ccc(Cl)cc2)C(F)(F)F)cc1Cl. The second-order valence-electron chi connectivity index (χ2n) is 14.6. The van der Waals surface area contributed by atoms with Gasteiger partial charge in [0.25, 0.3) is 22.7 Å². The zero-order valence-corrected chi connectivity index (χ0v) is 42.5. The molecule has 0 aliphatic carbocycles. The highest BCUT2D eigenvalue weighted by Gasteiger charge is 2.60. The van der Waals surface area contributed by atoms with Gasteiger partial charge in [-0.05, 0) is 78.4 Å². The Labute approximate surface area is 450 Å². The Morgan fingerprint density at radius 2 is 0.947 bits per heavy atom. The van der Waals surface area contributed by atoms with Gasteiger partial charge in [0.15, 0.2) is 5.78 Å². The van der Waals surface area contributed by atoms with Crippen molar-refractivity contribution in [3.63, 3.8) is 0 Å². The minimum atomic E-state index is -5.40. The molecule has 0 aromatic heterocycles. The molecular weight excluding hydrogens is 1160 g/mol. The number of carboxylic acid groups (broad SMARTS) is 1. The monoisotopic (exact) mass is 1180 g/mol. The van der Waals surface area contributed by atoms with Crippen molar-refractivity contribution in [3.8, 4) is 12.1 Å². The van der Waals surface area contributed by atoms with E-state index in [2.05, 4.69) is 0 Å². The standard InChI is InChI=1S/C23H11Cl3F4N2O3.C14H8Cl3F4N.C8H4N2O4.CH3BOP/c24-16-5-3-14(4-6-16)22(27,23(28,29)30)15-8-18(25)17(19(26)9-15)10-21(33)12-1-2-13(11-31)20(7-12)32(34)35;15-9-3-1-7(2-4-9)13(18,14(19,20)21)8-5-10(16)12(22)11(17)6-8;9-4-6-2-1-5(8(11)12)3-7(6)10(13)14;1-2-4-3/h1-9H,10H2;1-6H,22H2;1-3H,(H,11,12);1H3. The number of nitrogens with two attached hydrogens (primary N) is 1. The summed E-state index contributed by atoms with van der Waals surface area (Å²) in [4.78, 5) is 43.1. The van der Waals surface area contributed by atoms with E-state index in [0.29, 0.717) is 0 Å². The van der Waals surface area contributed by atoms with Crippen LogP contribution in [0.15, 0.2) is 109 Å². The Morgan fingerprint density at radius 3 is 1.25 bits per heavy atom. The number of alkyl halides is 8. The van der Waals surface area contributed by atoms with Crippen LogP contribution in [0, 0.1) is 42.9 Å². The molecule has 6 rings (SSSR count). The van der Waals surface area contributed by atoms with Gasteiger partial charge < -0.3 is 10.8 Å². The van der Waals surface area contributed by atoms with Gasteiger partial charge in [0.1, 0.15) is 23.3 Å². The summed E-state index contributed by atoms with van der Waals surface area (Å²) in [6, 6.07) is 20.8. The lowest BCUT2D eigenvalue weighted by molar-refractivity contribution is -0.385. The number of nitro groups is 2. The van der Waals surface area contributed by atoms with Gasteiger partial charge in [0.05, 0.1) is 39.5 Å². The number of hydrogen-bond donors (Lipinski definition) is 2. The molecule has 389 valence electrons. The summed E-state index contributed by atoms with van der Waals surface area (Å²) in [6.07, 6.45) is -11.2. The van der Waals surface area contributed by atoms with Gasteiger partial charge in [-0.1, -0.05) is 101 Å². The maximum atomic E-state index is 15.7. The molecule has 2 atom stereocenters. The van der Waals surface area contributed by atoms with Crippen molar-refractivity contribution >= 4 is 114 Å². The number of halogens is 14. The Hall–Kier alpha value is -6.62. The summed E-state index contributed by atoms with van der Waals surface area (Å²) in [7, 11) is 0.123. The predicted octanol–water partition coefficient (Wildman–Crippen LogP) is 15.7. The van der Waals surface area contributed by atoms with Crippen molar-refractivity contribution in [2.75, 3.05) is 5.73 Å². The molecule has 0 saturated carbocycles. The topological polar surface area (TPSA) is 231 Å². The van der Waals surface area contributed by atoms with Crippen LogP contribution >= 0.6 is 77.9 Å². The van der Waals surface area contributed by atoms with Gasteiger partial charge in [0, 0.05) is 66.5 Å². The van der Waals surface area contributed by atoms with Crippen molar-refractivity contribution in [1.82, 2.24) is 0 Å². The van der Waals surface area contributed by atoms with E-state index in [1.54, 1.807) is 26.0 Å². The summed E-state index contributed by atoms with van der Waals surface area (Å²) in [6.45, 7) is 3.27. The molecule has 3 N–H and O–H groups in total. The average molecular weight is 1180 g/mol. The lowest BCUT2D eigenvalue weighted by Crippen LogP contribution is -2.39. The fourth-order valence-electron chi connectivity index (χ4n) is 6.22. The quantitative estimate of drug-likeness (QED) is 0.0236. The third kappa shape index (κ3) is 15.0. The van der Waals surface area contributed by atoms with E-state index in [0.717, 1.165) is 103 Å². The van der Waals surface area contributed by atoms with Crippen LogP contribution in [-0.4, -0.2) is 46.1 Å². The second-order valence-corrected chi connectivity index (χ2v) is 17.8. The largest absolute Gasteiger partial charge is 0.478 e. The summed E-state index contributed by atoms with van der Waals surface area (Å²) >= 11 is 35.0. The van der Waals surface area contributed by atoms with Gasteiger partial charge in [-0.25, -0.2) is 13.6 Å². The number of carboxylic acids is 1. The molecule has 0 spiro atoms. The Kier molecular flexibility index (Phi) is 21.9. The number of ketones is 1. The van der Waals surface area contributed by atoms with Crippen LogP contribution in [0.25, 0.3) is 0 Å². The van der Waals surface area contributed by atoms with Crippen LogP contribution in [-0.2, 0) is 22.3 Å². The lowest BCUT2D eigenvalue weighted by atomic mass is 9.86. The van der Waals surface area contributed by atoms with Crippen LogP contribution in [0.3, 0.4) is 0 Å². The number of anilines is 1. The van der Waals surface area contributed by atoms with Crippen LogP contribution < -0.4 is 5.73 Å². The first-order chi connectivity index (χ1) is 34.8. The number of nitriles is 2. The molecule has 0 saturated heterocycles. The molecule has 29 heteroatoms. The Balaban J connectivity index is 0.000000314. The number of nitrogen functional groups attached to an aromatic ring is 1. The van der Waals surface area contributed by atoms with E-state index in [-0.39, 0.29) is 61.9 Å². The van der Waals surface area contributed by atoms with Crippen LogP contribution in [0.5, 0.6) is 0 Å². The zero-order chi connectivity index (χ0) is 57.0. The molecule has 0 aliphatic heterocycles. The molecule has 13 nitrogen and oxygen atoms in total. The number of benzene rings is 6. The van der Waals surface area contributed by atoms with Gasteiger partial charge in [-0.3, -0.25) is 29.6 Å². The van der Waals surface area contributed by atoms with Gasteiger partial charge in [-0.2, -0.15) is 36.9 Å². The van der Waals surface area contributed by atoms with Crippen molar-refractivity contribution < 1.29 is 64.2 Å². The van der Waals surface area contributed by atoms with Crippen LogP contribution in [0.1, 0.15) is 59.7 Å². The smallest absolute Gasteiger partial charge is 0.431 e. The van der Waals surface area contributed by atoms with E-state index in [1.165, 1.54) is 6.07 Å². The van der Waals surface area contributed by atoms with Gasteiger partial charge >= 0.3 is 18.3 Å². The van der Waals surface area contributed by atoms with Crippen LogP contribution in [0.2, 0.25) is 37.0 Å². The predicted molar refractivity (Wildman–Crippen MR) is 266 cm³/mol. The highest BCUT2D eigenvalue weighted by Crippen LogP contribution is 2.51. The van der Waals surface area contributed by atoms with Crippen molar-refractivity contribution in [2.24, 2.45) is 0 Å². The second kappa shape index (κ2) is 26.2. The van der Waals surface area contributed by atoms with Crippen molar-refractivity contribution in [3.05, 3.63) is 210 Å². The number of hydrogen-bond acceptors (Lipinski definition) is 10. The highest BCUT2D eigenvalue weighted by molar-refractivity contribution is 7.60. The maximum Gasteiger partial charge on any atom is 0.431 e. The number of rotatable bonds is 11. The normalized spacial score (nSPS) is 12.5. The molecule has 0 aliphatic rings. The number of carbonyl (C=O) groups is 2. The molecule has 0 amide bonds. The first kappa shape index (κ1) is 62.7. The Morgan fingerprint density at radius 1 is 0.613 bits per heavy atom. The fraction of sp³-hybridized carbons (Fsp3) is 0.130. The number of carbonyl (C=O) groups excluding carboxylic acids is 1. The summed E-state index contributed by atoms with van der Waals surface area (Å²) in [5.74, 6) is -1.98. The summed E-state index contributed by atoms with van der Waals surface area (Å²) in [5.41, 5.74) is -7.45. The molecular formula is C46H26BCl6F8N5O8P. The van der Waals surface area contributed by atoms with E-state index < -0.39 is 95.4 Å². The lowest BCUT2D eigenvalue weighted by Gasteiger charge is -2.29. The minimum Gasteiger partial charge on any atom is -0.478 e. The first-order valence-corrected chi connectivity index (χ1v) is 23.0. The maximum absolute atomic E-state index is 15.7. The molecule has 2 unspecified atom stereocenters. The summed E-state index contributed by atoms with van der Waals surface area (Å²) in [5, 5.41) is 46.5. The third-order valence-corrected chi connectivity index (χ3v) is 11.9. The Bertz CT molecular complexity index is 3200. The van der Waals surface area contributed by atoms with Crippen LogP contribution in [0.4, 0.5) is 52.2 Å². The highest BCUT2D eigenvalue weighted by atomic mass is 35.5. The molecule has 0 bridgehead atoms. The molecule has 0 heterocycles. The first-order valence-electron chi connectivity index (χ1n) is 19.8. The van der Waals surface area contributed by atoms with Gasteiger partial charge in [-0.15, -0.1) is 0 Å². The minimum absolute atomic E-state index is 0.102. The van der Waals surface area contributed by atoms with Crippen molar-refractivity contribution in [1.29, 1.82) is 10.5 Å². The number of nitrogens with zero attached hydrogens (tertiary/aromatic N) is 4. The molecule has 6 aromatic carbocycles. The average Bonchev–Trinajstić information content (AvgIpc) is 3.35. The van der Waals surface area contributed by atoms with E-state index in [4.69, 9.17) is 91.0 Å². The molecule has 6 aromatic rings. The molecule has 0 fully saturated rings. The van der Waals surface area contributed by atoms with Gasteiger partial charge in [0.2, 0.25) is 7.00 Å². The number of aromatic carboxylic acids is 1. The van der Waals surface area contributed by atoms with Crippen molar-refractivity contribution in [2.45, 2.75) is 36.9 Å². The molecule has 75 heavy (non-hydrogen) atoms. The molecule has 1 radical (unpaired) electrons. The van der Waals surface area contributed by atoms with E-state index in [1.807, 2.05) is 0 Å². The zero-order valence-electron chi connectivity index (χ0n) is 37.1. The number of nitro benzene ring substituents is 2.